The Morgan fingerprint density at radius 1 is 1.44 bits per heavy atom. The number of carbonyl (C=O) groups excluding carboxylic acids is 1. The smallest absolute Gasteiger partial charge is 0.343 e. The van der Waals surface area contributed by atoms with E-state index in [1.165, 1.54) is 10.8 Å². The van der Waals surface area contributed by atoms with E-state index in [1.54, 1.807) is 6.92 Å². The van der Waals surface area contributed by atoms with Gasteiger partial charge in [0.2, 0.25) is 5.43 Å². The van der Waals surface area contributed by atoms with Crippen molar-refractivity contribution in [2.45, 2.75) is 25.8 Å². The molecular weight excluding hydrogens is 334 g/mol. The summed E-state index contributed by atoms with van der Waals surface area (Å²) in [6.07, 6.45) is 2.84. The zero-order valence-corrected chi connectivity index (χ0v) is 13.6. The minimum Gasteiger partial charge on any atom is -0.462 e. The lowest BCUT2D eigenvalue weighted by Gasteiger charge is -2.16. The maximum atomic E-state index is 14.9. The summed E-state index contributed by atoms with van der Waals surface area (Å²) in [6, 6.07) is 0.865. The molecule has 1 aromatic carbocycles. The molecule has 1 aliphatic rings. The average molecular weight is 352 g/mol. The first-order chi connectivity index (χ1) is 12.0. The molecule has 25 heavy (non-hydrogen) atoms. The van der Waals surface area contributed by atoms with Gasteiger partial charge in [0.05, 0.1) is 24.1 Å². The predicted molar refractivity (Wildman–Crippen MR) is 87.9 cm³/mol. The van der Waals surface area contributed by atoms with Gasteiger partial charge in [0, 0.05) is 18.8 Å². The minimum absolute atomic E-state index is 0.0338. The average Bonchev–Trinajstić information content (AvgIpc) is 3.40. The number of benzene rings is 1. The van der Waals surface area contributed by atoms with Crippen molar-refractivity contribution >= 4 is 22.6 Å². The second-order valence-electron chi connectivity index (χ2n) is 5.82. The summed E-state index contributed by atoms with van der Waals surface area (Å²) in [5.74, 6) is -2.69. The number of carbonyl (C=O) groups is 1. The fraction of sp³-hybridized carbons (Fsp3) is 0.412. The van der Waals surface area contributed by atoms with Gasteiger partial charge in [-0.3, -0.25) is 4.79 Å². The molecule has 0 atom stereocenters. The molecule has 0 bridgehead atoms. The second kappa shape index (κ2) is 6.79. The molecule has 2 N–H and O–H groups in total. The number of fused-ring (bicyclic) bond motifs is 1. The summed E-state index contributed by atoms with van der Waals surface area (Å²) in [7, 11) is 0. The number of aliphatic hydroxyl groups is 1. The highest BCUT2D eigenvalue weighted by Gasteiger charge is 2.30. The van der Waals surface area contributed by atoms with Crippen LogP contribution in [0.4, 0.5) is 14.5 Å². The van der Waals surface area contributed by atoms with E-state index < -0.39 is 28.7 Å². The van der Waals surface area contributed by atoms with Gasteiger partial charge in [-0.05, 0) is 25.8 Å². The minimum atomic E-state index is -0.959. The summed E-state index contributed by atoms with van der Waals surface area (Å²) in [6.45, 7) is 1.37. The number of halogens is 2. The number of aromatic nitrogens is 1. The topological polar surface area (TPSA) is 80.6 Å². The standard InChI is InChI=1S/C17H18F2N2O4/c1-2-25-17(24)11-8-21(9-3-4-9)15-10(16(11)23)7-12(18)14(13(15)19)20-5-6-22/h7-9,20,22H,2-6H2,1H3. The number of hydrogen-bond donors (Lipinski definition) is 2. The summed E-state index contributed by atoms with van der Waals surface area (Å²) >= 11 is 0. The normalized spacial score (nSPS) is 13.9. The van der Waals surface area contributed by atoms with Crippen LogP contribution in [0.1, 0.15) is 36.2 Å². The Kier molecular flexibility index (Phi) is 4.71. The first kappa shape index (κ1) is 17.3. The number of hydrogen-bond acceptors (Lipinski definition) is 5. The summed E-state index contributed by atoms with van der Waals surface area (Å²) < 4.78 is 35.5. The van der Waals surface area contributed by atoms with E-state index >= 15 is 0 Å². The molecule has 0 unspecified atom stereocenters. The molecule has 1 saturated carbocycles. The lowest BCUT2D eigenvalue weighted by atomic mass is 10.1. The number of anilines is 1. The monoisotopic (exact) mass is 352 g/mol. The van der Waals surface area contributed by atoms with Crippen molar-refractivity contribution in [1.29, 1.82) is 0 Å². The van der Waals surface area contributed by atoms with Crippen molar-refractivity contribution in [2.75, 3.05) is 25.1 Å². The van der Waals surface area contributed by atoms with Crippen molar-refractivity contribution in [3.05, 3.63) is 39.7 Å². The number of pyridine rings is 1. The maximum absolute atomic E-state index is 14.9. The highest BCUT2D eigenvalue weighted by atomic mass is 19.1. The van der Waals surface area contributed by atoms with Crippen LogP contribution >= 0.6 is 0 Å². The molecule has 1 fully saturated rings. The van der Waals surface area contributed by atoms with Crippen LogP contribution < -0.4 is 10.7 Å². The third-order valence-corrected chi connectivity index (χ3v) is 4.06. The number of rotatable bonds is 6. The predicted octanol–water partition coefficient (Wildman–Crippen LogP) is 2.20. The summed E-state index contributed by atoms with van der Waals surface area (Å²) in [5.41, 5.74) is -1.46. The first-order valence-corrected chi connectivity index (χ1v) is 8.08. The SMILES string of the molecule is CCOC(=O)c1cn(C2CC2)c2c(F)c(NCCO)c(F)cc2c1=O. The van der Waals surface area contributed by atoms with Crippen molar-refractivity contribution in [1.82, 2.24) is 4.57 Å². The van der Waals surface area contributed by atoms with Crippen LogP contribution in [0.25, 0.3) is 10.9 Å². The number of ether oxygens (including phenoxy) is 1. The molecule has 8 heteroatoms. The van der Waals surface area contributed by atoms with Crippen molar-refractivity contribution in [3.8, 4) is 0 Å². The van der Waals surface area contributed by atoms with E-state index in [1.807, 2.05) is 0 Å². The summed E-state index contributed by atoms with van der Waals surface area (Å²) in [5, 5.41) is 11.1. The molecule has 0 radical (unpaired) electrons. The molecule has 0 spiro atoms. The van der Waals surface area contributed by atoms with E-state index in [9.17, 15) is 18.4 Å². The Hall–Kier alpha value is -2.48. The molecule has 1 heterocycles. The van der Waals surface area contributed by atoms with E-state index in [2.05, 4.69) is 5.32 Å². The van der Waals surface area contributed by atoms with Crippen molar-refractivity contribution in [3.63, 3.8) is 0 Å². The molecule has 134 valence electrons. The number of esters is 1. The molecule has 3 rings (SSSR count). The zero-order valence-electron chi connectivity index (χ0n) is 13.6. The number of aliphatic hydroxyl groups excluding tert-OH is 1. The Labute approximate surface area is 142 Å². The lowest BCUT2D eigenvalue weighted by molar-refractivity contribution is 0.0524. The number of nitrogens with zero attached hydrogens (tertiary/aromatic N) is 1. The van der Waals surface area contributed by atoms with Crippen LogP contribution in [0.5, 0.6) is 0 Å². The molecule has 1 aromatic heterocycles. The quantitative estimate of drug-likeness (QED) is 0.779. The lowest BCUT2D eigenvalue weighted by Crippen LogP contribution is -2.22. The van der Waals surface area contributed by atoms with E-state index in [0.717, 1.165) is 18.9 Å². The fourth-order valence-corrected chi connectivity index (χ4v) is 2.78. The zero-order chi connectivity index (χ0) is 18.1. The highest BCUT2D eigenvalue weighted by molar-refractivity contribution is 5.95. The van der Waals surface area contributed by atoms with Crippen LogP contribution in [0.15, 0.2) is 17.1 Å². The van der Waals surface area contributed by atoms with Crippen LogP contribution in [-0.2, 0) is 4.74 Å². The van der Waals surface area contributed by atoms with Gasteiger partial charge in [0.25, 0.3) is 0 Å². The molecule has 1 aliphatic carbocycles. The fourth-order valence-electron chi connectivity index (χ4n) is 2.78. The second-order valence-corrected chi connectivity index (χ2v) is 5.82. The maximum Gasteiger partial charge on any atom is 0.343 e. The molecule has 0 aliphatic heterocycles. The van der Waals surface area contributed by atoms with E-state index in [-0.39, 0.29) is 42.3 Å². The largest absolute Gasteiger partial charge is 0.462 e. The van der Waals surface area contributed by atoms with E-state index in [4.69, 9.17) is 9.84 Å². The van der Waals surface area contributed by atoms with Crippen molar-refractivity contribution in [2.24, 2.45) is 0 Å². The third-order valence-electron chi connectivity index (χ3n) is 4.06. The highest BCUT2D eigenvalue weighted by Crippen LogP contribution is 2.39. The number of nitrogens with one attached hydrogen (secondary N) is 1. The first-order valence-electron chi connectivity index (χ1n) is 8.08. The van der Waals surface area contributed by atoms with Gasteiger partial charge < -0.3 is 19.7 Å². The molecule has 0 saturated heterocycles. The van der Waals surface area contributed by atoms with Crippen LogP contribution in [0.3, 0.4) is 0 Å². The third kappa shape index (κ3) is 3.09. The molecule has 0 amide bonds. The van der Waals surface area contributed by atoms with Gasteiger partial charge in [0.15, 0.2) is 5.82 Å². The van der Waals surface area contributed by atoms with Gasteiger partial charge in [-0.1, -0.05) is 0 Å². The molecular formula is C17H18F2N2O4. The molecule has 6 nitrogen and oxygen atoms in total. The van der Waals surface area contributed by atoms with Gasteiger partial charge >= 0.3 is 5.97 Å². The van der Waals surface area contributed by atoms with Gasteiger partial charge in [0.1, 0.15) is 17.1 Å². The van der Waals surface area contributed by atoms with Crippen LogP contribution in [-0.4, -0.2) is 35.4 Å². The van der Waals surface area contributed by atoms with Gasteiger partial charge in [-0.25, -0.2) is 13.6 Å². The Morgan fingerprint density at radius 3 is 2.76 bits per heavy atom. The summed E-state index contributed by atoms with van der Waals surface area (Å²) in [4.78, 5) is 24.6. The van der Waals surface area contributed by atoms with Gasteiger partial charge in [-0.2, -0.15) is 0 Å². The Balaban J connectivity index is 2.28. The van der Waals surface area contributed by atoms with Crippen molar-refractivity contribution < 1.29 is 23.4 Å². The van der Waals surface area contributed by atoms with Crippen LogP contribution in [0.2, 0.25) is 0 Å². The Bertz CT molecular complexity index is 891. The molecule has 2 aromatic rings. The van der Waals surface area contributed by atoms with Gasteiger partial charge in [-0.15, -0.1) is 0 Å². The van der Waals surface area contributed by atoms with E-state index in [0.29, 0.717) is 0 Å². The Morgan fingerprint density at radius 2 is 2.16 bits per heavy atom. The van der Waals surface area contributed by atoms with Crippen LogP contribution in [0, 0.1) is 11.6 Å².